The van der Waals surface area contributed by atoms with E-state index in [1.807, 2.05) is 0 Å². The molecular formula is C16H27NO. The summed E-state index contributed by atoms with van der Waals surface area (Å²) in [4.78, 5) is 0. The fourth-order valence-electron chi connectivity index (χ4n) is 1.89. The highest BCUT2D eigenvalue weighted by molar-refractivity contribution is 5.22. The fraction of sp³-hybridized carbons (Fsp3) is 0.625. The van der Waals surface area contributed by atoms with Crippen molar-refractivity contribution in [3.8, 4) is 0 Å². The number of hydrogen-bond acceptors (Lipinski definition) is 2. The summed E-state index contributed by atoms with van der Waals surface area (Å²) in [6.45, 7) is 8.44. The summed E-state index contributed by atoms with van der Waals surface area (Å²) in [5.41, 5.74) is 2.91. The van der Waals surface area contributed by atoms with Gasteiger partial charge in [0.25, 0.3) is 0 Å². The van der Waals surface area contributed by atoms with Crippen molar-refractivity contribution in [2.45, 2.75) is 52.2 Å². The highest BCUT2D eigenvalue weighted by Crippen LogP contribution is 2.09. The molecular weight excluding hydrogens is 222 g/mol. The maximum atomic E-state index is 5.10. The van der Waals surface area contributed by atoms with E-state index in [1.54, 1.807) is 7.11 Å². The molecule has 0 saturated heterocycles. The molecule has 0 atom stereocenters. The van der Waals surface area contributed by atoms with E-state index in [4.69, 9.17) is 4.74 Å². The number of ether oxygens (including phenoxy) is 1. The van der Waals surface area contributed by atoms with Crippen LogP contribution in [-0.4, -0.2) is 19.2 Å². The lowest BCUT2D eigenvalue weighted by molar-refractivity contribution is 0.185. The third kappa shape index (κ3) is 6.77. The number of rotatable bonds is 7. The molecule has 0 fully saturated rings. The van der Waals surface area contributed by atoms with Gasteiger partial charge in [0.1, 0.15) is 0 Å². The summed E-state index contributed by atoms with van der Waals surface area (Å²) in [6, 6.07) is 8.75. The van der Waals surface area contributed by atoms with Crippen LogP contribution in [0.4, 0.5) is 0 Å². The van der Waals surface area contributed by atoms with Crippen LogP contribution in [0.1, 0.15) is 44.7 Å². The van der Waals surface area contributed by atoms with Crippen molar-refractivity contribution in [1.29, 1.82) is 0 Å². The van der Waals surface area contributed by atoms with Gasteiger partial charge in [0, 0.05) is 12.6 Å². The lowest BCUT2D eigenvalue weighted by Crippen LogP contribution is -2.36. The van der Waals surface area contributed by atoms with E-state index in [9.17, 15) is 0 Å². The highest BCUT2D eigenvalue weighted by atomic mass is 16.5. The largest absolute Gasteiger partial charge is 0.380 e. The Bertz CT molecular complexity index is 324. The Hall–Kier alpha value is -0.860. The predicted molar refractivity (Wildman–Crippen MR) is 77.8 cm³/mol. The van der Waals surface area contributed by atoms with Gasteiger partial charge in [-0.25, -0.2) is 0 Å². The zero-order valence-electron chi connectivity index (χ0n) is 12.3. The summed E-state index contributed by atoms with van der Waals surface area (Å²) in [6.07, 6.45) is 3.64. The van der Waals surface area contributed by atoms with E-state index in [-0.39, 0.29) is 5.54 Å². The monoisotopic (exact) mass is 249 g/mol. The average molecular weight is 249 g/mol. The van der Waals surface area contributed by atoms with Crippen molar-refractivity contribution in [2.75, 3.05) is 13.7 Å². The van der Waals surface area contributed by atoms with Crippen LogP contribution >= 0.6 is 0 Å². The second kappa shape index (κ2) is 7.55. The first kappa shape index (κ1) is 15.2. The molecule has 0 aliphatic carbocycles. The van der Waals surface area contributed by atoms with Crippen molar-refractivity contribution in [2.24, 2.45) is 0 Å². The zero-order valence-corrected chi connectivity index (χ0v) is 12.3. The van der Waals surface area contributed by atoms with E-state index in [0.29, 0.717) is 6.61 Å². The Labute approximate surface area is 112 Å². The first-order chi connectivity index (χ1) is 8.51. The van der Waals surface area contributed by atoms with Gasteiger partial charge in [-0.15, -0.1) is 0 Å². The van der Waals surface area contributed by atoms with Gasteiger partial charge < -0.3 is 10.1 Å². The molecule has 0 aromatic heterocycles. The minimum absolute atomic E-state index is 0.238. The van der Waals surface area contributed by atoms with Gasteiger partial charge in [0.2, 0.25) is 0 Å². The fourth-order valence-corrected chi connectivity index (χ4v) is 1.89. The molecule has 0 spiro atoms. The van der Waals surface area contributed by atoms with E-state index in [1.165, 1.54) is 30.4 Å². The van der Waals surface area contributed by atoms with E-state index < -0.39 is 0 Å². The topological polar surface area (TPSA) is 21.3 Å². The Kier molecular flexibility index (Phi) is 6.37. The van der Waals surface area contributed by atoms with Crippen LogP contribution in [0.2, 0.25) is 0 Å². The normalized spacial score (nSPS) is 11.8. The van der Waals surface area contributed by atoms with Crippen molar-refractivity contribution < 1.29 is 4.74 Å². The Morgan fingerprint density at radius 2 is 1.61 bits per heavy atom. The van der Waals surface area contributed by atoms with Crippen LogP contribution in [-0.2, 0) is 17.8 Å². The third-order valence-electron chi connectivity index (χ3n) is 2.88. The molecule has 1 N–H and O–H groups in total. The molecule has 2 heteroatoms. The maximum absolute atomic E-state index is 5.10. The minimum atomic E-state index is 0.238. The number of unbranched alkanes of at least 4 members (excludes halogenated alkanes) is 1. The van der Waals surface area contributed by atoms with Crippen molar-refractivity contribution in [1.82, 2.24) is 5.32 Å². The number of aryl methyl sites for hydroxylation is 1. The zero-order chi connectivity index (χ0) is 13.4. The standard InChI is InChI=1S/C16H27NO/c1-16(2,3)17-12-6-5-7-14-8-10-15(11-9-14)13-18-4/h8-11,17H,5-7,12-13H2,1-4H3. The minimum Gasteiger partial charge on any atom is -0.380 e. The predicted octanol–water partition coefficient (Wildman–Crippen LogP) is 3.54. The maximum Gasteiger partial charge on any atom is 0.0713 e. The number of hydrogen-bond donors (Lipinski definition) is 1. The van der Waals surface area contributed by atoms with E-state index in [0.717, 1.165) is 6.54 Å². The molecule has 0 bridgehead atoms. The summed E-state index contributed by atoms with van der Waals surface area (Å²) in [7, 11) is 1.73. The van der Waals surface area contributed by atoms with Crippen LogP contribution in [0.5, 0.6) is 0 Å². The summed E-state index contributed by atoms with van der Waals surface area (Å²) in [5.74, 6) is 0. The van der Waals surface area contributed by atoms with Crippen LogP contribution in [0.15, 0.2) is 24.3 Å². The molecule has 1 aromatic carbocycles. The Balaban J connectivity index is 2.19. The molecule has 0 heterocycles. The second-order valence-electron chi connectivity index (χ2n) is 5.88. The molecule has 0 unspecified atom stereocenters. The number of methoxy groups -OCH3 is 1. The van der Waals surface area contributed by atoms with Gasteiger partial charge in [-0.05, 0) is 57.7 Å². The lowest BCUT2D eigenvalue weighted by Gasteiger charge is -2.20. The smallest absolute Gasteiger partial charge is 0.0713 e. The number of benzene rings is 1. The highest BCUT2D eigenvalue weighted by Gasteiger charge is 2.06. The van der Waals surface area contributed by atoms with Gasteiger partial charge in [-0.1, -0.05) is 24.3 Å². The molecule has 18 heavy (non-hydrogen) atoms. The molecule has 0 aliphatic rings. The summed E-state index contributed by atoms with van der Waals surface area (Å²) >= 11 is 0. The van der Waals surface area contributed by atoms with Gasteiger partial charge in [0.15, 0.2) is 0 Å². The van der Waals surface area contributed by atoms with E-state index in [2.05, 4.69) is 50.4 Å². The lowest BCUT2D eigenvalue weighted by atomic mass is 10.1. The van der Waals surface area contributed by atoms with Gasteiger partial charge in [0.05, 0.1) is 6.61 Å². The van der Waals surface area contributed by atoms with Crippen LogP contribution in [0, 0.1) is 0 Å². The van der Waals surface area contributed by atoms with Crippen molar-refractivity contribution in [3.63, 3.8) is 0 Å². The van der Waals surface area contributed by atoms with E-state index >= 15 is 0 Å². The molecule has 102 valence electrons. The molecule has 0 aliphatic heterocycles. The molecule has 1 rings (SSSR count). The van der Waals surface area contributed by atoms with Crippen molar-refractivity contribution in [3.05, 3.63) is 35.4 Å². The van der Waals surface area contributed by atoms with Gasteiger partial charge in [-0.3, -0.25) is 0 Å². The first-order valence-corrected chi connectivity index (χ1v) is 6.83. The van der Waals surface area contributed by atoms with Crippen LogP contribution in [0.3, 0.4) is 0 Å². The third-order valence-corrected chi connectivity index (χ3v) is 2.88. The van der Waals surface area contributed by atoms with Crippen LogP contribution in [0.25, 0.3) is 0 Å². The molecule has 1 aromatic rings. The van der Waals surface area contributed by atoms with Crippen molar-refractivity contribution >= 4 is 0 Å². The number of nitrogens with one attached hydrogen (secondary N) is 1. The Morgan fingerprint density at radius 1 is 1.00 bits per heavy atom. The first-order valence-electron chi connectivity index (χ1n) is 6.83. The van der Waals surface area contributed by atoms with Gasteiger partial charge in [-0.2, -0.15) is 0 Å². The quantitative estimate of drug-likeness (QED) is 0.746. The molecule has 0 amide bonds. The summed E-state index contributed by atoms with van der Waals surface area (Å²) < 4.78 is 5.10. The molecule has 0 saturated carbocycles. The molecule has 2 nitrogen and oxygen atoms in total. The van der Waals surface area contributed by atoms with Gasteiger partial charge >= 0.3 is 0 Å². The SMILES string of the molecule is COCc1ccc(CCCCNC(C)(C)C)cc1. The average Bonchev–Trinajstić information content (AvgIpc) is 2.30. The Morgan fingerprint density at radius 3 is 2.17 bits per heavy atom. The molecule has 0 radical (unpaired) electrons. The summed E-state index contributed by atoms with van der Waals surface area (Å²) in [5, 5.41) is 3.52. The van der Waals surface area contributed by atoms with Crippen LogP contribution < -0.4 is 5.32 Å². The second-order valence-corrected chi connectivity index (χ2v) is 5.88.